The Morgan fingerprint density at radius 3 is 2.67 bits per heavy atom. The molecule has 2 nitrogen and oxygen atoms in total. The summed E-state index contributed by atoms with van der Waals surface area (Å²) in [7, 11) is 0. The van der Waals surface area contributed by atoms with E-state index in [9.17, 15) is 0 Å². The Morgan fingerprint density at radius 1 is 1.58 bits per heavy atom. The molecule has 0 unspecified atom stereocenters. The number of allylic oxidation sites excluding steroid dienone is 2. The minimum atomic E-state index is 0.522. The lowest BCUT2D eigenvalue weighted by Crippen LogP contribution is -2.04. The maximum absolute atomic E-state index is 5.35. The molecule has 68 valence electrons. The van der Waals surface area contributed by atoms with Crippen LogP contribution in [0.5, 0.6) is 0 Å². The summed E-state index contributed by atoms with van der Waals surface area (Å²) in [4.78, 5) is 3.79. The van der Waals surface area contributed by atoms with Crippen molar-refractivity contribution >= 4 is 6.72 Å². The summed E-state index contributed by atoms with van der Waals surface area (Å²) in [6, 6.07) is 0. The Balaban J connectivity index is 3.66. The summed E-state index contributed by atoms with van der Waals surface area (Å²) in [6.45, 7) is 12.5. The number of ether oxygens (including phenoxy) is 1. The highest BCUT2D eigenvalue weighted by Crippen LogP contribution is 1.99. The fourth-order valence-corrected chi connectivity index (χ4v) is 0.682. The van der Waals surface area contributed by atoms with Gasteiger partial charge in [0.1, 0.15) is 0 Å². The standard InChI is InChI=1S/C10H17NO/c1-5-6-10(11-4)8-12-7-9(2)3/h5-6,9H,1,4,7-8H2,2-3H3/b10-6-. The molecule has 0 aromatic carbocycles. The van der Waals surface area contributed by atoms with Gasteiger partial charge in [-0.1, -0.05) is 26.5 Å². The molecule has 0 saturated heterocycles. The number of aliphatic imine (C=N–C) groups is 1. The van der Waals surface area contributed by atoms with E-state index in [0.29, 0.717) is 12.5 Å². The van der Waals surface area contributed by atoms with Gasteiger partial charge < -0.3 is 4.74 Å². The third kappa shape index (κ3) is 5.86. The van der Waals surface area contributed by atoms with Crippen LogP contribution in [0.2, 0.25) is 0 Å². The van der Waals surface area contributed by atoms with Crippen LogP contribution in [-0.2, 0) is 4.74 Å². The summed E-state index contributed by atoms with van der Waals surface area (Å²) in [5, 5.41) is 0. The van der Waals surface area contributed by atoms with E-state index < -0.39 is 0 Å². The fraction of sp³-hybridized carbons (Fsp3) is 0.500. The smallest absolute Gasteiger partial charge is 0.0887 e. The van der Waals surface area contributed by atoms with Crippen LogP contribution in [0.25, 0.3) is 0 Å². The lowest BCUT2D eigenvalue weighted by Gasteiger charge is -2.05. The van der Waals surface area contributed by atoms with Gasteiger partial charge in [-0.2, -0.15) is 0 Å². The van der Waals surface area contributed by atoms with Crippen molar-refractivity contribution in [3.8, 4) is 0 Å². The molecule has 0 atom stereocenters. The zero-order chi connectivity index (χ0) is 9.40. The lowest BCUT2D eigenvalue weighted by molar-refractivity contribution is 0.129. The third-order valence-corrected chi connectivity index (χ3v) is 1.21. The normalized spacial score (nSPS) is 11.8. The van der Waals surface area contributed by atoms with Crippen molar-refractivity contribution in [1.82, 2.24) is 0 Å². The van der Waals surface area contributed by atoms with Crippen molar-refractivity contribution in [2.45, 2.75) is 13.8 Å². The molecule has 2 heteroatoms. The van der Waals surface area contributed by atoms with Gasteiger partial charge in [-0.25, -0.2) is 0 Å². The first-order valence-electron chi connectivity index (χ1n) is 4.06. The average molecular weight is 167 g/mol. The van der Waals surface area contributed by atoms with Gasteiger partial charge in [0.2, 0.25) is 0 Å². The number of nitrogens with zero attached hydrogens (tertiary/aromatic N) is 1. The van der Waals surface area contributed by atoms with Gasteiger partial charge in [-0.15, -0.1) is 0 Å². The maximum atomic E-state index is 5.35. The molecule has 0 fully saturated rings. The Morgan fingerprint density at radius 2 is 2.25 bits per heavy atom. The van der Waals surface area contributed by atoms with Gasteiger partial charge in [0, 0.05) is 6.61 Å². The van der Waals surface area contributed by atoms with E-state index in [1.54, 1.807) is 12.2 Å². The molecule has 0 bridgehead atoms. The summed E-state index contributed by atoms with van der Waals surface area (Å²) in [5.74, 6) is 0.555. The first-order chi connectivity index (χ1) is 5.70. The Labute approximate surface area is 74.7 Å². The van der Waals surface area contributed by atoms with Crippen LogP contribution in [0.3, 0.4) is 0 Å². The molecule has 0 spiro atoms. The van der Waals surface area contributed by atoms with Crippen LogP contribution in [0.1, 0.15) is 13.8 Å². The fourth-order valence-electron chi connectivity index (χ4n) is 0.682. The topological polar surface area (TPSA) is 21.6 Å². The van der Waals surface area contributed by atoms with Crippen LogP contribution < -0.4 is 0 Å². The summed E-state index contributed by atoms with van der Waals surface area (Å²) >= 11 is 0. The van der Waals surface area contributed by atoms with E-state index in [0.717, 1.165) is 12.3 Å². The second kappa shape index (κ2) is 6.80. The zero-order valence-electron chi connectivity index (χ0n) is 7.92. The first kappa shape index (κ1) is 11.1. The minimum Gasteiger partial charge on any atom is -0.375 e. The molecule has 0 heterocycles. The molecular weight excluding hydrogens is 150 g/mol. The molecule has 0 aliphatic carbocycles. The Hall–Kier alpha value is -0.890. The van der Waals surface area contributed by atoms with E-state index in [1.165, 1.54) is 0 Å². The van der Waals surface area contributed by atoms with E-state index in [-0.39, 0.29) is 0 Å². The van der Waals surface area contributed by atoms with Gasteiger partial charge in [-0.3, -0.25) is 4.99 Å². The van der Waals surface area contributed by atoms with Gasteiger partial charge in [-0.05, 0) is 18.7 Å². The van der Waals surface area contributed by atoms with Gasteiger partial charge in [0.05, 0.1) is 12.3 Å². The summed E-state index contributed by atoms with van der Waals surface area (Å²) in [6.07, 6.45) is 3.48. The molecule has 0 N–H and O–H groups in total. The van der Waals surface area contributed by atoms with Crippen LogP contribution in [-0.4, -0.2) is 19.9 Å². The van der Waals surface area contributed by atoms with Gasteiger partial charge >= 0.3 is 0 Å². The zero-order valence-corrected chi connectivity index (χ0v) is 7.92. The van der Waals surface area contributed by atoms with Crippen molar-refractivity contribution in [2.24, 2.45) is 10.9 Å². The molecule has 0 amide bonds. The average Bonchev–Trinajstić information content (AvgIpc) is 2.02. The predicted molar refractivity (Wildman–Crippen MR) is 53.5 cm³/mol. The maximum Gasteiger partial charge on any atom is 0.0887 e. The molecule has 0 rings (SSSR count). The Bertz CT molecular complexity index is 171. The SMILES string of the molecule is C=C/C=C(/COCC(C)C)N=C. The highest BCUT2D eigenvalue weighted by molar-refractivity contribution is 5.30. The number of hydrogen-bond donors (Lipinski definition) is 0. The second-order valence-corrected chi connectivity index (χ2v) is 2.96. The third-order valence-electron chi connectivity index (χ3n) is 1.21. The molecular formula is C10H17NO. The molecule has 0 aromatic heterocycles. The molecule has 0 radical (unpaired) electrons. The van der Waals surface area contributed by atoms with Crippen molar-refractivity contribution in [3.63, 3.8) is 0 Å². The van der Waals surface area contributed by atoms with Gasteiger partial charge in [0.25, 0.3) is 0 Å². The van der Waals surface area contributed by atoms with Crippen molar-refractivity contribution < 1.29 is 4.74 Å². The molecule has 0 saturated carbocycles. The van der Waals surface area contributed by atoms with Crippen molar-refractivity contribution in [3.05, 3.63) is 24.4 Å². The lowest BCUT2D eigenvalue weighted by atomic mass is 10.2. The highest BCUT2D eigenvalue weighted by Gasteiger charge is 1.95. The quantitative estimate of drug-likeness (QED) is 0.440. The first-order valence-corrected chi connectivity index (χ1v) is 4.06. The van der Waals surface area contributed by atoms with Crippen molar-refractivity contribution in [1.29, 1.82) is 0 Å². The van der Waals surface area contributed by atoms with E-state index in [2.05, 4.69) is 32.1 Å². The monoisotopic (exact) mass is 167 g/mol. The van der Waals surface area contributed by atoms with Crippen LogP contribution in [0, 0.1) is 5.92 Å². The highest BCUT2D eigenvalue weighted by atomic mass is 16.5. The van der Waals surface area contributed by atoms with E-state index in [1.807, 2.05) is 0 Å². The van der Waals surface area contributed by atoms with E-state index >= 15 is 0 Å². The van der Waals surface area contributed by atoms with Crippen LogP contribution in [0.4, 0.5) is 0 Å². The largest absolute Gasteiger partial charge is 0.375 e. The predicted octanol–water partition coefficient (Wildman–Crippen LogP) is 2.43. The van der Waals surface area contributed by atoms with Crippen molar-refractivity contribution in [2.75, 3.05) is 13.2 Å². The minimum absolute atomic E-state index is 0.522. The molecule has 0 aliphatic rings. The molecule has 12 heavy (non-hydrogen) atoms. The van der Waals surface area contributed by atoms with E-state index in [4.69, 9.17) is 4.74 Å². The van der Waals surface area contributed by atoms with Gasteiger partial charge in [0.15, 0.2) is 0 Å². The van der Waals surface area contributed by atoms with Crippen LogP contribution in [0.15, 0.2) is 29.4 Å². The Kier molecular flexibility index (Phi) is 6.29. The van der Waals surface area contributed by atoms with Crippen LogP contribution >= 0.6 is 0 Å². The number of rotatable bonds is 6. The summed E-state index contributed by atoms with van der Waals surface area (Å²) < 4.78 is 5.35. The number of hydrogen-bond acceptors (Lipinski definition) is 2. The molecule has 0 aromatic rings. The molecule has 0 aliphatic heterocycles. The summed E-state index contributed by atoms with van der Waals surface area (Å²) in [5.41, 5.74) is 0.825. The second-order valence-electron chi connectivity index (χ2n) is 2.96.